The predicted molar refractivity (Wildman–Crippen MR) is 86.9 cm³/mol. The summed E-state index contributed by atoms with van der Waals surface area (Å²) in [6, 6.07) is 7.59. The highest BCUT2D eigenvalue weighted by Gasteiger charge is 2.16. The lowest BCUT2D eigenvalue weighted by Crippen LogP contribution is -2.30. The molecule has 0 unspecified atom stereocenters. The number of amides is 1. The molecule has 0 bridgehead atoms. The summed E-state index contributed by atoms with van der Waals surface area (Å²) < 4.78 is 0. The van der Waals surface area contributed by atoms with Crippen molar-refractivity contribution in [2.75, 3.05) is 34.2 Å². The smallest absolute Gasteiger partial charge is 0.255 e. The molecule has 2 rings (SSSR count). The van der Waals surface area contributed by atoms with Crippen molar-refractivity contribution in [3.05, 3.63) is 41.2 Å². The third-order valence-corrected chi connectivity index (χ3v) is 3.72. The number of pyridine rings is 1. The fourth-order valence-electron chi connectivity index (χ4n) is 2.26. The molecule has 5 heteroatoms. The molecule has 0 fully saturated rings. The third kappa shape index (κ3) is 3.71. The average molecular weight is 306 g/mol. The molecule has 0 aliphatic carbocycles. The number of fused-ring (bicyclic) bond motifs is 1. The first-order chi connectivity index (χ1) is 10.0. The molecule has 2 aromatic rings. The first-order valence-electron chi connectivity index (χ1n) is 6.94. The molecule has 0 N–H and O–H groups in total. The standard InChI is InChI=1S/C16H20ClN3O/c1-19(2)9-6-10-20(3)16(21)14-11-18-15(17)13-8-5-4-7-12(13)14/h4-5,7-8,11H,6,9-10H2,1-3H3. The quantitative estimate of drug-likeness (QED) is 0.797. The van der Waals surface area contributed by atoms with Gasteiger partial charge in [-0.05, 0) is 32.4 Å². The molecule has 0 radical (unpaired) electrons. The largest absolute Gasteiger partial charge is 0.342 e. The monoisotopic (exact) mass is 305 g/mol. The van der Waals surface area contributed by atoms with Gasteiger partial charge in [0.25, 0.3) is 5.91 Å². The normalized spacial score (nSPS) is 11.1. The molecule has 21 heavy (non-hydrogen) atoms. The van der Waals surface area contributed by atoms with Crippen LogP contribution in [-0.4, -0.2) is 54.9 Å². The maximum atomic E-state index is 12.6. The number of nitrogens with zero attached hydrogens (tertiary/aromatic N) is 3. The van der Waals surface area contributed by atoms with Gasteiger partial charge in [-0.2, -0.15) is 0 Å². The van der Waals surface area contributed by atoms with Crippen LogP contribution in [-0.2, 0) is 0 Å². The molecule has 0 spiro atoms. The SMILES string of the molecule is CN(C)CCCN(C)C(=O)c1cnc(Cl)c2ccccc12. The van der Waals surface area contributed by atoms with Gasteiger partial charge in [-0.3, -0.25) is 4.79 Å². The summed E-state index contributed by atoms with van der Waals surface area (Å²) in [5.41, 5.74) is 0.599. The van der Waals surface area contributed by atoms with Gasteiger partial charge in [0.15, 0.2) is 0 Å². The molecule has 4 nitrogen and oxygen atoms in total. The van der Waals surface area contributed by atoms with Crippen LogP contribution in [0.1, 0.15) is 16.8 Å². The van der Waals surface area contributed by atoms with Gasteiger partial charge in [-0.1, -0.05) is 35.9 Å². The molecule has 1 amide bonds. The second-order valence-electron chi connectivity index (χ2n) is 5.39. The fourth-order valence-corrected chi connectivity index (χ4v) is 2.47. The summed E-state index contributed by atoms with van der Waals surface area (Å²) in [5.74, 6) is -0.0193. The fraction of sp³-hybridized carbons (Fsp3) is 0.375. The number of carbonyl (C=O) groups is 1. The molecular formula is C16H20ClN3O. The molecule has 1 aromatic carbocycles. The van der Waals surface area contributed by atoms with Crippen LogP contribution in [0.25, 0.3) is 10.8 Å². The minimum absolute atomic E-state index is 0.0193. The van der Waals surface area contributed by atoms with Crippen LogP contribution in [0.4, 0.5) is 0 Å². The maximum Gasteiger partial charge on any atom is 0.255 e. The van der Waals surface area contributed by atoms with E-state index in [1.807, 2.05) is 45.4 Å². The van der Waals surface area contributed by atoms with Gasteiger partial charge in [0, 0.05) is 25.2 Å². The highest BCUT2D eigenvalue weighted by molar-refractivity contribution is 6.34. The topological polar surface area (TPSA) is 36.4 Å². The number of rotatable bonds is 5. The van der Waals surface area contributed by atoms with Gasteiger partial charge in [-0.25, -0.2) is 4.98 Å². The minimum atomic E-state index is -0.0193. The first kappa shape index (κ1) is 15.7. The lowest BCUT2D eigenvalue weighted by atomic mass is 10.1. The first-order valence-corrected chi connectivity index (χ1v) is 7.32. The Kier molecular flexibility index (Phi) is 5.15. The zero-order chi connectivity index (χ0) is 15.4. The summed E-state index contributed by atoms with van der Waals surface area (Å²) in [4.78, 5) is 20.5. The number of carbonyl (C=O) groups excluding carboxylic acids is 1. The Balaban J connectivity index is 2.21. The Morgan fingerprint density at radius 3 is 2.48 bits per heavy atom. The highest BCUT2D eigenvalue weighted by Crippen LogP contribution is 2.24. The summed E-state index contributed by atoms with van der Waals surface area (Å²) in [5, 5.41) is 2.09. The van der Waals surface area contributed by atoms with Crippen molar-refractivity contribution in [3.8, 4) is 0 Å². The maximum absolute atomic E-state index is 12.6. The van der Waals surface area contributed by atoms with E-state index in [4.69, 9.17) is 11.6 Å². The number of hydrogen-bond donors (Lipinski definition) is 0. The van der Waals surface area contributed by atoms with E-state index in [2.05, 4.69) is 9.88 Å². The van der Waals surface area contributed by atoms with Crippen LogP contribution in [0.5, 0.6) is 0 Å². The van der Waals surface area contributed by atoms with Crippen LogP contribution in [0.3, 0.4) is 0 Å². The Hall–Kier alpha value is -1.65. The van der Waals surface area contributed by atoms with Crippen molar-refractivity contribution >= 4 is 28.3 Å². The van der Waals surface area contributed by atoms with E-state index < -0.39 is 0 Å². The molecule has 0 saturated carbocycles. The van der Waals surface area contributed by atoms with Crippen molar-refractivity contribution in [3.63, 3.8) is 0 Å². The number of aromatic nitrogens is 1. The lowest BCUT2D eigenvalue weighted by Gasteiger charge is -2.19. The zero-order valence-electron chi connectivity index (χ0n) is 12.6. The van der Waals surface area contributed by atoms with E-state index in [1.54, 1.807) is 11.1 Å². The van der Waals surface area contributed by atoms with Gasteiger partial charge in [0.1, 0.15) is 5.15 Å². The van der Waals surface area contributed by atoms with E-state index in [1.165, 1.54) is 0 Å². The zero-order valence-corrected chi connectivity index (χ0v) is 13.4. The number of benzene rings is 1. The molecule has 0 aliphatic rings. The van der Waals surface area contributed by atoms with Gasteiger partial charge in [0.05, 0.1) is 5.56 Å². The van der Waals surface area contributed by atoms with Crippen molar-refractivity contribution in [2.24, 2.45) is 0 Å². The summed E-state index contributed by atoms with van der Waals surface area (Å²) in [6.45, 7) is 1.67. The van der Waals surface area contributed by atoms with Crippen LogP contribution in [0.15, 0.2) is 30.5 Å². The van der Waals surface area contributed by atoms with Crippen LogP contribution >= 0.6 is 11.6 Å². The molecular weight excluding hydrogens is 286 g/mol. The summed E-state index contributed by atoms with van der Waals surface area (Å²) >= 11 is 6.09. The molecule has 0 saturated heterocycles. The minimum Gasteiger partial charge on any atom is -0.342 e. The van der Waals surface area contributed by atoms with Gasteiger partial charge < -0.3 is 9.80 Å². The molecule has 0 aliphatic heterocycles. The van der Waals surface area contributed by atoms with Gasteiger partial charge in [0.2, 0.25) is 0 Å². The van der Waals surface area contributed by atoms with E-state index in [0.717, 1.165) is 23.7 Å². The third-order valence-electron chi connectivity index (χ3n) is 3.42. The second kappa shape index (κ2) is 6.87. The van der Waals surface area contributed by atoms with Crippen molar-refractivity contribution in [1.29, 1.82) is 0 Å². The van der Waals surface area contributed by atoms with E-state index >= 15 is 0 Å². The number of halogens is 1. The van der Waals surface area contributed by atoms with Gasteiger partial charge in [-0.15, -0.1) is 0 Å². The highest BCUT2D eigenvalue weighted by atomic mass is 35.5. The molecule has 0 atom stereocenters. The van der Waals surface area contributed by atoms with Crippen molar-refractivity contribution in [2.45, 2.75) is 6.42 Å². The average Bonchev–Trinajstić information content (AvgIpc) is 2.47. The number of hydrogen-bond acceptors (Lipinski definition) is 3. The van der Waals surface area contributed by atoms with Crippen LogP contribution in [0, 0.1) is 0 Å². The Bertz CT molecular complexity index is 642. The second-order valence-corrected chi connectivity index (χ2v) is 5.75. The Labute approximate surface area is 130 Å². The molecule has 112 valence electrons. The van der Waals surface area contributed by atoms with E-state index in [0.29, 0.717) is 17.3 Å². The molecule has 1 heterocycles. The van der Waals surface area contributed by atoms with Crippen molar-refractivity contribution < 1.29 is 4.79 Å². The Morgan fingerprint density at radius 1 is 1.14 bits per heavy atom. The lowest BCUT2D eigenvalue weighted by molar-refractivity contribution is 0.0792. The van der Waals surface area contributed by atoms with Crippen LogP contribution in [0.2, 0.25) is 5.15 Å². The van der Waals surface area contributed by atoms with E-state index in [-0.39, 0.29) is 5.91 Å². The summed E-state index contributed by atoms with van der Waals surface area (Å²) in [7, 11) is 5.87. The molecule has 1 aromatic heterocycles. The summed E-state index contributed by atoms with van der Waals surface area (Å²) in [6.07, 6.45) is 2.50. The van der Waals surface area contributed by atoms with Crippen LogP contribution < -0.4 is 0 Å². The van der Waals surface area contributed by atoms with Crippen molar-refractivity contribution in [1.82, 2.24) is 14.8 Å². The predicted octanol–water partition coefficient (Wildman–Crippen LogP) is 2.91. The van der Waals surface area contributed by atoms with Gasteiger partial charge >= 0.3 is 0 Å². The Morgan fingerprint density at radius 2 is 1.81 bits per heavy atom. The van der Waals surface area contributed by atoms with E-state index in [9.17, 15) is 4.79 Å².